The van der Waals surface area contributed by atoms with Crippen molar-refractivity contribution in [2.75, 3.05) is 18.1 Å². The quantitative estimate of drug-likeness (QED) is 0.899. The Kier molecular flexibility index (Phi) is 4.98. The fourth-order valence-electron chi connectivity index (χ4n) is 2.63. The van der Waals surface area contributed by atoms with Crippen molar-refractivity contribution in [3.05, 3.63) is 29.8 Å². The number of rotatable bonds is 4. The van der Waals surface area contributed by atoms with Crippen LogP contribution in [0.25, 0.3) is 0 Å². The van der Waals surface area contributed by atoms with Crippen LogP contribution in [0, 0.1) is 0 Å². The molecule has 1 aliphatic heterocycles. The summed E-state index contributed by atoms with van der Waals surface area (Å²) in [6.45, 7) is 2.82. The Morgan fingerprint density at radius 1 is 1.17 bits per heavy atom. The van der Waals surface area contributed by atoms with Crippen LogP contribution in [0.3, 0.4) is 0 Å². The largest absolute Gasteiger partial charge is 0.335 e. The first-order valence-corrected chi connectivity index (χ1v) is 10.6. The van der Waals surface area contributed by atoms with Crippen LogP contribution in [-0.2, 0) is 10.0 Å². The van der Waals surface area contributed by atoms with Crippen LogP contribution >= 0.6 is 11.8 Å². The molecule has 1 aromatic carbocycles. The zero-order chi connectivity index (χ0) is 16.4. The van der Waals surface area contributed by atoms with Crippen LogP contribution < -0.4 is 4.72 Å². The van der Waals surface area contributed by atoms with Gasteiger partial charge >= 0.3 is 0 Å². The van der Waals surface area contributed by atoms with Gasteiger partial charge in [0.15, 0.2) is 0 Å². The fourth-order valence-corrected chi connectivity index (χ4v) is 4.97. The number of carbonyl (C=O) groups is 1. The van der Waals surface area contributed by atoms with E-state index in [1.807, 2.05) is 16.7 Å². The van der Waals surface area contributed by atoms with Crippen molar-refractivity contribution in [3.63, 3.8) is 0 Å². The summed E-state index contributed by atoms with van der Waals surface area (Å²) in [6, 6.07) is 6.59. The molecule has 1 amide bonds. The van der Waals surface area contributed by atoms with Gasteiger partial charge in [-0.25, -0.2) is 13.1 Å². The van der Waals surface area contributed by atoms with E-state index in [0.29, 0.717) is 5.56 Å². The Bertz CT molecular complexity index is 669. The van der Waals surface area contributed by atoms with E-state index in [1.54, 1.807) is 12.1 Å². The fraction of sp³-hybridized carbons (Fsp3) is 0.562. The molecule has 5 nitrogen and oxygen atoms in total. The minimum atomic E-state index is -3.46. The minimum absolute atomic E-state index is 0.0147. The SMILES string of the molecule is C[C@H]1CCSCCN1C(=O)c1ccc(S(=O)(=O)NC2CC2)cc1. The first-order valence-electron chi connectivity index (χ1n) is 7.98. The highest BCUT2D eigenvalue weighted by molar-refractivity contribution is 7.99. The number of thioether (sulfide) groups is 1. The molecule has 0 unspecified atom stereocenters. The number of sulfonamides is 1. The van der Waals surface area contributed by atoms with Gasteiger partial charge in [-0.15, -0.1) is 0 Å². The molecule has 7 heteroatoms. The summed E-state index contributed by atoms with van der Waals surface area (Å²) >= 11 is 1.87. The van der Waals surface area contributed by atoms with Gasteiger partial charge in [0.1, 0.15) is 0 Å². The van der Waals surface area contributed by atoms with Crippen LogP contribution in [0.5, 0.6) is 0 Å². The Balaban J connectivity index is 1.74. The van der Waals surface area contributed by atoms with Crippen LogP contribution in [-0.4, -0.2) is 49.4 Å². The van der Waals surface area contributed by atoms with E-state index in [0.717, 1.165) is 37.3 Å². The molecule has 0 aromatic heterocycles. The van der Waals surface area contributed by atoms with Gasteiger partial charge in [-0.2, -0.15) is 11.8 Å². The maximum absolute atomic E-state index is 12.7. The van der Waals surface area contributed by atoms with Crippen LogP contribution in [0.1, 0.15) is 36.5 Å². The molecule has 3 rings (SSSR count). The van der Waals surface area contributed by atoms with Gasteiger partial charge in [0, 0.05) is 29.9 Å². The highest BCUT2D eigenvalue weighted by atomic mass is 32.2. The molecule has 0 radical (unpaired) electrons. The molecule has 126 valence electrons. The third kappa shape index (κ3) is 4.08. The summed E-state index contributed by atoms with van der Waals surface area (Å²) in [5.74, 6) is 2.02. The molecule has 0 spiro atoms. The predicted molar refractivity (Wildman–Crippen MR) is 92.2 cm³/mol. The Labute approximate surface area is 141 Å². The molecule has 1 saturated carbocycles. The second-order valence-electron chi connectivity index (χ2n) is 6.17. The molecule has 2 aliphatic rings. The lowest BCUT2D eigenvalue weighted by molar-refractivity contribution is 0.0706. The van der Waals surface area contributed by atoms with Crippen LogP contribution in [0.4, 0.5) is 0 Å². The maximum Gasteiger partial charge on any atom is 0.254 e. The second-order valence-corrected chi connectivity index (χ2v) is 9.11. The summed E-state index contributed by atoms with van der Waals surface area (Å²) in [5.41, 5.74) is 0.550. The van der Waals surface area contributed by atoms with E-state index < -0.39 is 10.0 Å². The lowest BCUT2D eigenvalue weighted by Crippen LogP contribution is -2.39. The van der Waals surface area contributed by atoms with Crippen molar-refractivity contribution < 1.29 is 13.2 Å². The van der Waals surface area contributed by atoms with Gasteiger partial charge < -0.3 is 4.90 Å². The molecule has 1 aromatic rings. The van der Waals surface area contributed by atoms with Gasteiger partial charge in [-0.1, -0.05) is 0 Å². The summed E-state index contributed by atoms with van der Waals surface area (Å²) in [4.78, 5) is 14.8. The van der Waals surface area contributed by atoms with Crippen LogP contribution in [0.2, 0.25) is 0 Å². The highest BCUT2D eigenvalue weighted by Gasteiger charge is 2.28. The zero-order valence-corrected chi connectivity index (χ0v) is 14.8. The first kappa shape index (κ1) is 16.8. The Hall–Kier alpha value is -1.05. The van der Waals surface area contributed by atoms with E-state index >= 15 is 0 Å². The van der Waals surface area contributed by atoms with Crippen molar-refractivity contribution >= 4 is 27.7 Å². The van der Waals surface area contributed by atoms with E-state index in [-0.39, 0.29) is 22.9 Å². The van der Waals surface area contributed by atoms with E-state index in [4.69, 9.17) is 0 Å². The average Bonchev–Trinajstić information content (AvgIpc) is 3.34. The number of benzene rings is 1. The number of hydrogen-bond donors (Lipinski definition) is 1. The van der Waals surface area contributed by atoms with Crippen LogP contribution in [0.15, 0.2) is 29.2 Å². The molecule has 2 fully saturated rings. The maximum atomic E-state index is 12.7. The van der Waals surface area contributed by atoms with E-state index in [2.05, 4.69) is 11.6 Å². The monoisotopic (exact) mass is 354 g/mol. The van der Waals surface area contributed by atoms with Gasteiger partial charge in [0.05, 0.1) is 4.90 Å². The molecule has 1 aliphatic carbocycles. The Morgan fingerprint density at radius 2 is 1.87 bits per heavy atom. The molecule has 1 saturated heterocycles. The predicted octanol–water partition coefficient (Wildman–Crippen LogP) is 2.09. The summed E-state index contributed by atoms with van der Waals surface area (Å²) in [7, 11) is -3.46. The van der Waals surface area contributed by atoms with Gasteiger partial charge in [-0.05, 0) is 56.2 Å². The summed E-state index contributed by atoms with van der Waals surface area (Å²) in [5, 5.41) is 0. The van der Waals surface area contributed by atoms with Crippen molar-refractivity contribution in [1.82, 2.24) is 9.62 Å². The van der Waals surface area contributed by atoms with Gasteiger partial charge in [0.2, 0.25) is 10.0 Å². The lowest BCUT2D eigenvalue weighted by atomic mass is 10.1. The number of carbonyl (C=O) groups excluding carboxylic acids is 1. The van der Waals surface area contributed by atoms with Crippen molar-refractivity contribution in [3.8, 4) is 0 Å². The number of amides is 1. The molecule has 1 N–H and O–H groups in total. The zero-order valence-electron chi connectivity index (χ0n) is 13.2. The highest BCUT2D eigenvalue weighted by Crippen LogP contribution is 2.23. The van der Waals surface area contributed by atoms with E-state index in [9.17, 15) is 13.2 Å². The molecular formula is C16H22N2O3S2. The number of hydrogen-bond acceptors (Lipinski definition) is 4. The normalized spacial score (nSPS) is 22.7. The van der Waals surface area contributed by atoms with Gasteiger partial charge in [-0.3, -0.25) is 4.79 Å². The third-order valence-electron chi connectivity index (χ3n) is 4.26. The second kappa shape index (κ2) is 6.83. The number of nitrogens with one attached hydrogen (secondary N) is 1. The van der Waals surface area contributed by atoms with Gasteiger partial charge in [0.25, 0.3) is 5.91 Å². The first-order chi connectivity index (χ1) is 11.0. The average molecular weight is 354 g/mol. The smallest absolute Gasteiger partial charge is 0.254 e. The topological polar surface area (TPSA) is 66.5 Å². The van der Waals surface area contributed by atoms with Crippen molar-refractivity contribution in [1.29, 1.82) is 0 Å². The lowest BCUT2D eigenvalue weighted by Gasteiger charge is -2.27. The standard InChI is InChI=1S/C16H22N2O3S2/c1-12-8-10-22-11-9-18(12)16(19)13-2-6-15(7-3-13)23(20,21)17-14-4-5-14/h2-3,6-7,12,14,17H,4-5,8-11H2,1H3/t12-/m0/s1. The van der Waals surface area contributed by atoms with E-state index in [1.165, 1.54) is 12.1 Å². The van der Waals surface area contributed by atoms with Crippen molar-refractivity contribution in [2.24, 2.45) is 0 Å². The van der Waals surface area contributed by atoms with Crippen molar-refractivity contribution in [2.45, 2.75) is 43.2 Å². The molecule has 1 atom stereocenters. The summed E-state index contributed by atoms with van der Waals surface area (Å²) < 4.78 is 27.0. The minimum Gasteiger partial charge on any atom is -0.335 e. The third-order valence-corrected chi connectivity index (χ3v) is 6.79. The summed E-state index contributed by atoms with van der Waals surface area (Å²) in [6.07, 6.45) is 2.80. The molecule has 23 heavy (non-hydrogen) atoms. The molecular weight excluding hydrogens is 332 g/mol. The molecule has 0 bridgehead atoms. The number of nitrogens with zero attached hydrogens (tertiary/aromatic N) is 1. The molecule has 1 heterocycles. The Morgan fingerprint density at radius 3 is 2.52 bits per heavy atom.